The first kappa shape index (κ1) is 7.51. The average Bonchev–Trinajstić information content (AvgIpc) is 1.95. The van der Waals surface area contributed by atoms with Crippen molar-refractivity contribution in [3.05, 3.63) is 34.6 Å². The number of hydrogen-bond acceptors (Lipinski definition) is 0. The van der Waals surface area contributed by atoms with Crippen LogP contribution in [0, 0.1) is 5.82 Å². The van der Waals surface area contributed by atoms with Gasteiger partial charge in [0.25, 0.3) is 0 Å². The molecule has 0 saturated carbocycles. The molecule has 0 unspecified atom stereocenters. The van der Waals surface area contributed by atoms with Crippen molar-refractivity contribution in [3.63, 3.8) is 0 Å². The number of nitrogens with one attached hydrogen (secondary N) is 1. The predicted molar refractivity (Wildman–Crippen MR) is 38.2 cm³/mol. The van der Waals surface area contributed by atoms with Gasteiger partial charge >= 0.3 is 0 Å². The maximum atomic E-state index is 12.4. The normalized spacial score (nSPS) is 9.90. The van der Waals surface area contributed by atoms with E-state index in [-0.39, 0.29) is 11.6 Å². The Labute approximate surface area is 63.6 Å². The Bertz CT molecular complexity index is 237. The molecule has 1 N–H and O–H groups in total. The third-order valence-electron chi connectivity index (χ3n) is 1.19. The van der Waals surface area contributed by atoms with Crippen LogP contribution in [0.4, 0.5) is 4.39 Å². The lowest BCUT2D eigenvalue weighted by molar-refractivity contribution is 0.627. The van der Waals surface area contributed by atoms with E-state index < -0.39 is 5.82 Å². The van der Waals surface area contributed by atoms with Crippen LogP contribution in [0.15, 0.2) is 18.2 Å². The summed E-state index contributed by atoms with van der Waals surface area (Å²) in [7, 11) is 0. The minimum atomic E-state index is -0.432. The van der Waals surface area contributed by atoms with Gasteiger partial charge in [0, 0.05) is 6.54 Å². The molecule has 0 aliphatic rings. The van der Waals surface area contributed by atoms with Gasteiger partial charge in [-0.05, 0) is 17.7 Å². The Morgan fingerprint density at radius 3 is 2.70 bits per heavy atom. The van der Waals surface area contributed by atoms with Crippen LogP contribution in [0.2, 0.25) is 5.02 Å². The maximum Gasteiger partial charge on any atom is 0.141 e. The van der Waals surface area contributed by atoms with Crippen LogP contribution >= 0.6 is 11.6 Å². The van der Waals surface area contributed by atoms with Crippen molar-refractivity contribution < 1.29 is 4.39 Å². The molecule has 0 aromatic heterocycles. The van der Waals surface area contributed by atoms with E-state index in [9.17, 15) is 4.39 Å². The zero-order valence-electron chi connectivity index (χ0n) is 5.20. The molecule has 0 saturated heterocycles. The topological polar surface area (TPSA) is 23.8 Å². The minimum Gasteiger partial charge on any atom is -0.253 e. The second-order valence-corrected chi connectivity index (χ2v) is 2.33. The fourth-order valence-electron chi connectivity index (χ4n) is 0.650. The molecule has 0 aliphatic heterocycles. The van der Waals surface area contributed by atoms with Gasteiger partial charge < -0.3 is 0 Å². The van der Waals surface area contributed by atoms with Crippen LogP contribution in [0.3, 0.4) is 0 Å². The second kappa shape index (κ2) is 2.99. The average molecular weight is 159 g/mol. The summed E-state index contributed by atoms with van der Waals surface area (Å²) in [6.45, 7) is 0.139. The highest BCUT2D eigenvalue weighted by Gasteiger charge is 1.98. The van der Waals surface area contributed by atoms with Gasteiger partial charge in [0.15, 0.2) is 0 Å². The largest absolute Gasteiger partial charge is 0.253 e. The Hall–Kier alpha value is -0.600. The van der Waals surface area contributed by atoms with Gasteiger partial charge in [-0.25, -0.2) is 4.39 Å². The van der Waals surface area contributed by atoms with Gasteiger partial charge in [-0.15, -0.1) is 0 Å². The van der Waals surface area contributed by atoms with Crippen molar-refractivity contribution in [2.24, 2.45) is 0 Å². The zero-order valence-corrected chi connectivity index (χ0v) is 5.95. The van der Waals surface area contributed by atoms with Crippen LogP contribution < -0.4 is 5.73 Å². The van der Waals surface area contributed by atoms with E-state index in [4.69, 9.17) is 17.3 Å². The smallest absolute Gasteiger partial charge is 0.141 e. The number of halogens is 2. The summed E-state index contributed by atoms with van der Waals surface area (Å²) >= 11 is 5.43. The molecule has 0 spiro atoms. The molecule has 0 fully saturated rings. The van der Waals surface area contributed by atoms with Gasteiger partial charge in [-0.1, -0.05) is 17.7 Å². The van der Waals surface area contributed by atoms with Crippen molar-refractivity contribution in [2.45, 2.75) is 6.54 Å². The summed E-state index contributed by atoms with van der Waals surface area (Å²) in [5.41, 5.74) is 7.66. The molecule has 1 nitrogen and oxygen atoms in total. The zero-order chi connectivity index (χ0) is 7.56. The Morgan fingerprint density at radius 2 is 2.20 bits per heavy atom. The van der Waals surface area contributed by atoms with Gasteiger partial charge in [0.05, 0.1) is 5.02 Å². The van der Waals surface area contributed by atoms with Crippen LogP contribution in [0.25, 0.3) is 0 Å². The van der Waals surface area contributed by atoms with Crippen molar-refractivity contribution >= 4 is 11.6 Å². The molecule has 0 heterocycles. The Kier molecular flexibility index (Phi) is 2.25. The molecule has 1 aromatic rings. The first-order valence-electron chi connectivity index (χ1n) is 2.82. The van der Waals surface area contributed by atoms with Crippen LogP contribution in [0.1, 0.15) is 5.56 Å². The summed E-state index contributed by atoms with van der Waals surface area (Å²) in [6.07, 6.45) is 0. The van der Waals surface area contributed by atoms with Crippen LogP contribution in [0.5, 0.6) is 0 Å². The molecule has 10 heavy (non-hydrogen) atoms. The quantitative estimate of drug-likeness (QED) is 0.599. The first-order valence-corrected chi connectivity index (χ1v) is 3.20. The van der Waals surface area contributed by atoms with Gasteiger partial charge in [0.1, 0.15) is 5.82 Å². The van der Waals surface area contributed by atoms with Crippen molar-refractivity contribution in [1.29, 1.82) is 0 Å². The monoisotopic (exact) mass is 158 g/mol. The van der Waals surface area contributed by atoms with E-state index in [1.807, 2.05) is 0 Å². The van der Waals surface area contributed by atoms with E-state index in [2.05, 4.69) is 0 Å². The van der Waals surface area contributed by atoms with E-state index in [0.29, 0.717) is 0 Å². The third-order valence-corrected chi connectivity index (χ3v) is 1.48. The molecule has 0 atom stereocenters. The summed E-state index contributed by atoms with van der Waals surface area (Å²) in [4.78, 5) is 0. The molecule has 1 radical (unpaired) electrons. The predicted octanol–water partition coefficient (Wildman–Crippen LogP) is 2.26. The summed E-state index contributed by atoms with van der Waals surface area (Å²) < 4.78 is 12.4. The van der Waals surface area contributed by atoms with E-state index in [1.165, 1.54) is 12.1 Å². The molecule has 3 heteroatoms. The lowest BCUT2D eigenvalue weighted by Crippen LogP contribution is -1.85. The first-order chi connectivity index (χ1) is 4.74. The maximum absolute atomic E-state index is 12.4. The van der Waals surface area contributed by atoms with E-state index >= 15 is 0 Å². The van der Waals surface area contributed by atoms with Crippen molar-refractivity contribution in [3.8, 4) is 0 Å². The van der Waals surface area contributed by atoms with Crippen molar-refractivity contribution in [1.82, 2.24) is 5.73 Å². The molecule has 1 aromatic carbocycles. The Morgan fingerprint density at radius 1 is 1.50 bits per heavy atom. The van der Waals surface area contributed by atoms with Gasteiger partial charge in [-0.2, -0.15) is 0 Å². The molecular formula is C7H6ClFN. The molecule has 53 valence electrons. The fraction of sp³-hybridized carbons (Fsp3) is 0.143. The number of rotatable bonds is 1. The van der Waals surface area contributed by atoms with E-state index in [1.54, 1.807) is 6.07 Å². The van der Waals surface area contributed by atoms with Crippen molar-refractivity contribution in [2.75, 3.05) is 0 Å². The van der Waals surface area contributed by atoms with Gasteiger partial charge in [-0.3, -0.25) is 5.73 Å². The fourth-order valence-corrected chi connectivity index (χ4v) is 0.853. The summed E-state index contributed by atoms with van der Waals surface area (Å²) in [5.74, 6) is -0.432. The standard InChI is InChI=1S/C7H6ClFN/c8-6-3-5(4-10)1-2-7(6)9/h1-3,10H,4H2. The van der Waals surface area contributed by atoms with Crippen LogP contribution in [-0.2, 0) is 6.54 Å². The highest BCUT2D eigenvalue weighted by molar-refractivity contribution is 6.30. The summed E-state index contributed by atoms with van der Waals surface area (Å²) in [6, 6.07) is 4.28. The molecule has 0 amide bonds. The Balaban J connectivity index is 3.04. The highest BCUT2D eigenvalue weighted by Crippen LogP contribution is 2.15. The summed E-state index contributed by atoms with van der Waals surface area (Å²) in [5, 5.41) is 0.0877. The lowest BCUT2D eigenvalue weighted by atomic mass is 10.2. The minimum absolute atomic E-state index is 0.0877. The van der Waals surface area contributed by atoms with Gasteiger partial charge in [0.2, 0.25) is 0 Å². The number of benzene rings is 1. The molecule has 0 aliphatic carbocycles. The second-order valence-electron chi connectivity index (χ2n) is 1.93. The lowest BCUT2D eigenvalue weighted by Gasteiger charge is -1.96. The van der Waals surface area contributed by atoms with E-state index in [0.717, 1.165) is 5.56 Å². The van der Waals surface area contributed by atoms with Crippen LogP contribution in [-0.4, -0.2) is 0 Å². The molecular weight excluding hydrogens is 153 g/mol. The highest BCUT2D eigenvalue weighted by atomic mass is 35.5. The third kappa shape index (κ3) is 1.46. The number of hydrogen-bond donors (Lipinski definition) is 0. The molecule has 1 rings (SSSR count). The SMILES string of the molecule is [NH]Cc1ccc(F)c(Cl)c1. The molecule has 0 bridgehead atoms.